The molecule has 32 heavy (non-hydrogen) atoms. The zero-order valence-corrected chi connectivity index (χ0v) is 18.7. The maximum Gasteiger partial charge on any atom is 0.297 e. The quantitative estimate of drug-likeness (QED) is 0.717. The molecule has 1 fully saturated rings. The van der Waals surface area contributed by atoms with E-state index >= 15 is 0 Å². The van der Waals surface area contributed by atoms with Crippen LogP contribution in [0.5, 0.6) is 0 Å². The fraction of sp³-hybridized carbons (Fsp3) is 0.650. The summed E-state index contributed by atoms with van der Waals surface area (Å²) >= 11 is 1.71. The molecule has 5 rings (SSSR count). The Morgan fingerprint density at radius 2 is 2.12 bits per heavy atom. The molecular weight excluding hydrogens is 438 g/mol. The van der Waals surface area contributed by atoms with Crippen LogP contribution in [0, 0.1) is 5.92 Å². The van der Waals surface area contributed by atoms with Gasteiger partial charge in [-0.1, -0.05) is 31.2 Å². The number of halogens is 2. The summed E-state index contributed by atoms with van der Waals surface area (Å²) in [6, 6.07) is 0. The first-order valence-corrected chi connectivity index (χ1v) is 11.9. The van der Waals surface area contributed by atoms with E-state index in [1.807, 2.05) is 4.90 Å². The predicted octanol–water partition coefficient (Wildman–Crippen LogP) is 1.99. The monoisotopic (exact) mass is 464 g/mol. The van der Waals surface area contributed by atoms with Gasteiger partial charge in [0.2, 0.25) is 11.9 Å². The van der Waals surface area contributed by atoms with Crippen LogP contribution in [0.3, 0.4) is 0 Å². The number of guanidine groups is 1. The highest BCUT2D eigenvalue weighted by Crippen LogP contribution is 2.41. The number of amides is 1. The maximum absolute atomic E-state index is 13.2. The molecule has 0 radical (unpaired) electrons. The van der Waals surface area contributed by atoms with Crippen LogP contribution in [0.15, 0.2) is 21.0 Å². The van der Waals surface area contributed by atoms with Crippen LogP contribution in [0.4, 0.5) is 8.78 Å². The lowest BCUT2D eigenvalue weighted by Gasteiger charge is -2.38. The molecule has 1 aromatic rings. The van der Waals surface area contributed by atoms with Crippen molar-refractivity contribution < 1.29 is 13.6 Å². The number of fused-ring (bicyclic) bond motifs is 2. The minimum atomic E-state index is -2.64. The number of alkyl halides is 2. The molecule has 5 heterocycles. The average Bonchev–Trinajstić information content (AvgIpc) is 3.40. The molecule has 2 atom stereocenters. The van der Waals surface area contributed by atoms with E-state index in [2.05, 4.69) is 33.4 Å². The number of hydrogen-bond donors (Lipinski definition) is 1. The molecule has 1 aromatic heterocycles. The Labute approximate surface area is 189 Å². The number of rotatable bonds is 5. The van der Waals surface area contributed by atoms with Gasteiger partial charge in [-0.3, -0.25) is 9.69 Å². The Morgan fingerprint density at radius 1 is 1.25 bits per heavy atom. The van der Waals surface area contributed by atoms with Crippen LogP contribution < -0.4 is 5.32 Å². The van der Waals surface area contributed by atoms with Crippen molar-refractivity contribution in [2.75, 3.05) is 26.2 Å². The van der Waals surface area contributed by atoms with E-state index in [-0.39, 0.29) is 30.4 Å². The summed E-state index contributed by atoms with van der Waals surface area (Å²) in [5.41, 5.74) is 0. The fourth-order valence-corrected chi connectivity index (χ4v) is 5.67. The van der Waals surface area contributed by atoms with E-state index in [9.17, 15) is 13.6 Å². The molecule has 0 bridgehead atoms. The number of aromatic nitrogens is 3. The SMILES string of the molecule is CCCCC1=CC2C(=NC(N3CCNC(=O)C3)=NC2N2CCn3c(nnc3C(F)F)C2)S1. The van der Waals surface area contributed by atoms with E-state index in [0.717, 1.165) is 24.3 Å². The van der Waals surface area contributed by atoms with Crippen molar-refractivity contribution in [3.8, 4) is 0 Å². The number of piperazine rings is 1. The summed E-state index contributed by atoms with van der Waals surface area (Å²) in [4.78, 5) is 27.1. The molecule has 4 aliphatic rings. The molecule has 1 amide bonds. The molecule has 0 saturated carbocycles. The molecule has 9 nitrogen and oxygen atoms in total. The highest BCUT2D eigenvalue weighted by atomic mass is 32.2. The van der Waals surface area contributed by atoms with E-state index in [1.165, 1.54) is 9.47 Å². The maximum atomic E-state index is 13.2. The van der Waals surface area contributed by atoms with Crippen LogP contribution in [-0.2, 0) is 17.9 Å². The number of hydrogen-bond acceptors (Lipinski definition) is 8. The van der Waals surface area contributed by atoms with E-state index in [0.29, 0.717) is 44.5 Å². The Kier molecular flexibility index (Phi) is 5.97. The third-order valence-electron chi connectivity index (χ3n) is 6.14. The van der Waals surface area contributed by atoms with Crippen LogP contribution in [0.1, 0.15) is 44.3 Å². The number of unbranched alkanes of at least 4 members (excludes halogenated alkanes) is 1. The predicted molar refractivity (Wildman–Crippen MR) is 117 cm³/mol. The molecule has 0 spiro atoms. The second-order valence-corrected chi connectivity index (χ2v) is 9.47. The highest BCUT2D eigenvalue weighted by Gasteiger charge is 2.40. The summed E-state index contributed by atoms with van der Waals surface area (Å²) in [5, 5.41) is 11.5. The lowest BCUT2D eigenvalue weighted by atomic mass is 10.0. The number of thioether (sulfide) groups is 1. The van der Waals surface area contributed by atoms with Gasteiger partial charge >= 0.3 is 0 Å². The zero-order valence-electron chi connectivity index (χ0n) is 17.9. The largest absolute Gasteiger partial charge is 0.353 e. The van der Waals surface area contributed by atoms with E-state index in [4.69, 9.17) is 9.98 Å². The van der Waals surface area contributed by atoms with Crippen molar-refractivity contribution >= 4 is 28.7 Å². The molecule has 2 unspecified atom stereocenters. The molecular formula is C20H26F2N8OS. The normalized spacial score (nSPS) is 25.8. The number of aliphatic imine (C=N–C) groups is 2. The number of nitrogens with one attached hydrogen (secondary N) is 1. The molecule has 12 heteroatoms. The lowest BCUT2D eigenvalue weighted by Crippen LogP contribution is -2.52. The molecule has 0 aliphatic carbocycles. The van der Waals surface area contributed by atoms with Gasteiger partial charge in [-0.2, -0.15) is 0 Å². The van der Waals surface area contributed by atoms with Crippen molar-refractivity contribution in [2.24, 2.45) is 15.9 Å². The fourth-order valence-electron chi connectivity index (χ4n) is 4.49. The minimum absolute atomic E-state index is 0.0262. The molecule has 172 valence electrons. The van der Waals surface area contributed by atoms with Gasteiger partial charge in [0.1, 0.15) is 12.0 Å². The second-order valence-electron chi connectivity index (χ2n) is 8.33. The van der Waals surface area contributed by atoms with Gasteiger partial charge in [0, 0.05) is 26.2 Å². The minimum Gasteiger partial charge on any atom is -0.353 e. The smallest absolute Gasteiger partial charge is 0.297 e. The number of carbonyl (C=O) groups excluding carboxylic acids is 1. The first-order valence-electron chi connectivity index (χ1n) is 11.0. The average molecular weight is 465 g/mol. The van der Waals surface area contributed by atoms with Crippen LogP contribution >= 0.6 is 11.8 Å². The third-order valence-corrected chi connectivity index (χ3v) is 7.32. The molecule has 1 N–H and O–H groups in total. The topological polar surface area (TPSA) is 91.0 Å². The number of nitrogens with zero attached hydrogens (tertiary/aromatic N) is 7. The molecule has 4 aliphatic heterocycles. The van der Waals surface area contributed by atoms with E-state index in [1.54, 1.807) is 11.8 Å². The van der Waals surface area contributed by atoms with Crippen molar-refractivity contribution in [3.63, 3.8) is 0 Å². The van der Waals surface area contributed by atoms with Crippen LogP contribution in [0.25, 0.3) is 0 Å². The second kappa shape index (κ2) is 8.89. The van der Waals surface area contributed by atoms with Crippen molar-refractivity contribution in [1.29, 1.82) is 0 Å². The molecule has 0 aromatic carbocycles. The first-order chi connectivity index (χ1) is 15.5. The van der Waals surface area contributed by atoms with Gasteiger partial charge in [0.05, 0.1) is 24.1 Å². The van der Waals surface area contributed by atoms with Gasteiger partial charge in [0.25, 0.3) is 6.43 Å². The van der Waals surface area contributed by atoms with Gasteiger partial charge < -0.3 is 14.8 Å². The first kappa shape index (κ1) is 21.5. The molecule has 1 saturated heterocycles. The lowest BCUT2D eigenvalue weighted by molar-refractivity contribution is -0.122. The van der Waals surface area contributed by atoms with E-state index < -0.39 is 6.43 Å². The summed E-state index contributed by atoms with van der Waals surface area (Å²) in [5.74, 6) is 0.828. The van der Waals surface area contributed by atoms with Gasteiger partial charge in [-0.05, 0) is 17.7 Å². The summed E-state index contributed by atoms with van der Waals surface area (Å²) in [6.07, 6.45) is 2.66. The Bertz CT molecular complexity index is 990. The Hall–Kier alpha value is -2.34. The Morgan fingerprint density at radius 3 is 2.91 bits per heavy atom. The highest BCUT2D eigenvalue weighted by molar-refractivity contribution is 8.17. The third kappa shape index (κ3) is 4.05. The summed E-state index contributed by atoms with van der Waals surface area (Å²) in [7, 11) is 0. The van der Waals surface area contributed by atoms with Crippen LogP contribution in [-0.4, -0.2) is 73.8 Å². The van der Waals surface area contributed by atoms with Gasteiger partial charge in [0.15, 0.2) is 5.82 Å². The standard InChI is InChI=1S/C20H26F2N8OS/c1-2-3-4-12-9-13-17(28-7-8-30-14(10-28)26-27-18(30)16(21)22)24-20(25-19(13)32-12)29-6-5-23-15(31)11-29/h9,13,16-17H,2-8,10-11H2,1H3,(H,23,31). The van der Waals surface area contributed by atoms with Crippen LogP contribution in [0.2, 0.25) is 0 Å². The summed E-state index contributed by atoms with van der Waals surface area (Å²) in [6.45, 7) is 4.99. The zero-order chi connectivity index (χ0) is 22.2. The van der Waals surface area contributed by atoms with Crippen molar-refractivity contribution in [2.45, 2.75) is 51.9 Å². The summed E-state index contributed by atoms with van der Waals surface area (Å²) < 4.78 is 28.0. The van der Waals surface area contributed by atoms with Crippen molar-refractivity contribution in [1.82, 2.24) is 29.9 Å². The van der Waals surface area contributed by atoms with Gasteiger partial charge in [-0.15, -0.1) is 10.2 Å². The number of carbonyl (C=O) groups is 1. The Balaban J connectivity index is 1.43. The van der Waals surface area contributed by atoms with Crippen molar-refractivity contribution in [3.05, 3.63) is 22.6 Å². The van der Waals surface area contributed by atoms with Gasteiger partial charge in [-0.25, -0.2) is 18.8 Å². The number of allylic oxidation sites excluding steroid dienone is 1.